The van der Waals surface area contributed by atoms with Crippen LogP contribution in [-0.4, -0.2) is 28.2 Å². The van der Waals surface area contributed by atoms with Crippen molar-refractivity contribution in [3.8, 4) is 0 Å². The Balaban J connectivity index is 1.12. The third kappa shape index (κ3) is 15.1. The molecule has 8 heteroatoms. The van der Waals surface area contributed by atoms with Gasteiger partial charge in [-0.3, -0.25) is 0 Å². The number of hydrogen-bond acceptors (Lipinski definition) is 4. The Morgan fingerprint density at radius 1 is 0.361 bits per heavy atom. The minimum atomic E-state index is -2.69. The van der Waals surface area contributed by atoms with E-state index in [2.05, 4.69) is 27.7 Å². The Morgan fingerprint density at radius 2 is 0.578 bits per heavy atom. The first-order chi connectivity index (χ1) is 40.1. The van der Waals surface area contributed by atoms with Gasteiger partial charge >= 0.3 is 0 Å². The first-order valence-corrected chi connectivity index (χ1v) is 34.1. The van der Waals surface area contributed by atoms with Crippen LogP contribution < -0.4 is 0 Å². The standard InChI is InChI=1S/C75H106F4O4/c1-7-11-15-19-51-23-31-55(32-24-51)59-39-43-63(67(76)47-59)74(80,64-44-40-60(48-68(64)77)56-33-25-52(26-34-56)20-16-12-8-2)71-72(83-73(5,6)82-71)75(81,65-45-41-61(49-69(65)78)57-35-27-53(28-36-57)21-17-13-9-3)66-46-42-62(50-70(66)79)58-37-29-54(30-38-58)22-18-14-10-4/h39-58,71-72,80-81H,7-38H2,1-6H3/t51?,52?,53?,54?,55?,56?,57?,58?,71-,72-,74?,75?/m1/s1. The highest BCUT2D eigenvalue weighted by atomic mass is 19.1. The smallest absolute Gasteiger partial charge is 0.164 e. The topological polar surface area (TPSA) is 58.9 Å². The van der Waals surface area contributed by atoms with E-state index in [1.165, 1.54) is 127 Å². The van der Waals surface area contributed by atoms with E-state index in [0.29, 0.717) is 23.7 Å². The maximum atomic E-state index is 17.8. The quantitative estimate of drug-likeness (QED) is 0.0486. The molecule has 0 unspecified atom stereocenters. The molecule has 0 radical (unpaired) electrons. The number of aliphatic hydroxyl groups is 2. The molecule has 4 aromatic rings. The molecule has 0 aromatic heterocycles. The normalized spacial score (nSPS) is 28.2. The number of halogens is 4. The second-order valence-electron chi connectivity index (χ2n) is 27.8. The Morgan fingerprint density at radius 3 is 0.771 bits per heavy atom. The van der Waals surface area contributed by atoms with Crippen LogP contribution in [0.2, 0.25) is 0 Å². The first-order valence-electron chi connectivity index (χ1n) is 34.1. The van der Waals surface area contributed by atoms with Crippen molar-refractivity contribution in [2.75, 3.05) is 0 Å². The summed E-state index contributed by atoms with van der Waals surface area (Å²) in [5, 5.41) is 28.2. The highest BCUT2D eigenvalue weighted by molar-refractivity contribution is 5.48. The van der Waals surface area contributed by atoms with Crippen LogP contribution in [0.5, 0.6) is 0 Å². The Bertz CT molecular complexity index is 2310. The SMILES string of the molecule is CCCCCC1CCC(c2ccc(C(O)(c3ccc(C4CCC(CCCCC)CC4)cc3F)[C@@H]3OC(C)(C)O[C@H]3C(O)(c3ccc(C4CCC(CCCCC)CC4)cc3F)c3ccc(C4CCC(CCCCC)CC4)cc3F)c(F)c2)CC1. The summed E-state index contributed by atoms with van der Waals surface area (Å²) in [6, 6.07) is 19.6. The molecule has 2 N–H and O–H groups in total. The van der Waals surface area contributed by atoms with Crippen molar-refractivity contribution in [1.82, 2.24) is 0 Å². The van der Waals surface area contributed by atoms with Crippen LogP contribution in [0.4, 0.5) is 17.6 Å². The van der Waals surface area contributed by atoms with Gasteiger partial charge in [0, 0.05) is 22.3 Å². The lowest BCUT2D eigenvalue weighted by atomic mass is 9.70. The third-order valence-electron chi connectivity index (χ3n) is 21.7. The average Bonchev–Trinajstić information content (AvgIpc) is 3.84. The molecule has 0 amide bonds. The van der Waals surface area contributed by atoms with Crippen LogP contribution in [0.15, 0.2) is 72.8 Å². The Hall–Kier alpha value is -3.56. The molecule has 1 heterocycles. The van der Waals surface area contributed by atoms with Crippen LogP contribution in [0, 0.1) is 46.9 Å². The second-order valence-corrected chi connectivity index (χ2v) is 27.8. The summed E-state index contributed by atoms with van der Waals surface area (Å²) < 4.78 is 85.0. The predicted octanol–water partition coefficient (Wildman–Crippen LogP) is 21.4. The van der Waals surface area contributed by atoms with Crippen molar-refractivity contribution >= 4 is 0 Å². The number of hydrogen-bond donors (Lipinski definition) is 2. The van der Waals surface area contributed by atoms with Crippen molar-refractivity contribution in [1.29, 1.82) is 0 Å². The van der Waals surface area contributed by atoms with Gasteiger partial charge in [0.2, 0.25) is 0 Å². The zero-order valence-electron chi connectivity index (χ0n) is 52.1. The minimum Gasteiger partial charge on any atom is -0.377 e. The molecule has 9 rings (SSSR count). The molecule has 5 aliphatic rings. The van der Waals surface area contributed by atoms with Gasteiger partial charge in [0.25, 0.3) is 0 Å². The first kappa shape index (κ1) is 63.9. The van der Waals surface area contributed by atoms with E-state index in [4.69, 9.17) is 9.47 Å². The lowest BCUT2D eigenvalue weighted by Crippen LogP contribution is -2.56. The van der Waals surface area contributed by atoms with E-state index in [9.17, 15) is 10.2 Å². The van der Waals surface area contributed by atoms with Crippen molar-refractivity contribution in [3.05, 3.63) is 141 Å². The fourth-order valence-corrected chi connectivity index (χ4v) is 16.5. The maximum absolute atomic E-state index is 17.8. The lowest BCUT2D eigenvalue weighted by molar-refractivity contribution is -0.173. The van der Waals surface area contributed by atoms with E-state index in [-0.39, 0.29) is 45.9 Å². The summed E-state index contributed by atoms with van der Waals surface area (Å²) in [6.45, 7) is 12.1. The zero-order chi connectivity index (χ0) is 58.7. The minimum absolute atomic E-state index is 0.119. The summed E-state index contributed by atoms with van der Waals surface area (Å²) in [7, 11) is 0. The third-order valence-corrected chi connectivity index (χ3v) is 21.7. The Labute approximate surface area is 499 Å². The van der Waals surface area contributed by atoms with Crippen molar-refractivity contribution < 1.29 is 37.2 Å². The molecule has 4 saturated carbocycles. The Kier molecular flexibility index (Phi) is 22.7. The second kappa shape index (κ2) is 29.4. The van der Waals surface area contributed by atoms with E-state index >= 15 is 17.6 Å². The molecule has 0 spiro atoms. The van der Waals surface area contributed by atoms with Crippen molar-refractivity contribution in [3.63, 3.8) is 0 Å². The highest BCUT2D eigenvalue weighted by Gasteiger charge is 2.63. The molecular formula is C75H106F4O4. The number of ether oxygens (including phenoxy) is 2. The number of rotatable bonds is 26. The summed E-state index contributed by atoms with van der Waals surface area (Å²) in [6.07, 6.45) is 31.7. The maximum Gasteiger partial charge on any atom is 0.164 e. The molecular weight excluding hydrogens is 1040 g/mol. The molecule has 4 aliphatic carbocycles. The average molecular weight is 1150 g/mol. The monoisotopic (exact) mass is 1150 g/mol. The van der Waals surface area contributed by atoms with Gasteiger partial charge in [-0.2, -0.15) is 0 Å². The van der Waals surface area contributed by atoms with Gasteiger partial charge in [-0.15, -0.1) is 0 Å². The van der Waals surface area contributed by atoms with Gasteiger partial charge < -0.3 is 19.7 Å². The van der Waals surface area contributed by atoms with Gasteiger partial charge in [0.05, 0.1) is 0 Å². The molecule has 4 nitrogen and oxygen atoms in total. The molecule has 5 fully saturated rings. The van der Waals surface area contributed by atoms with E-state index in [1.54, 1.807) is 38.1 Å². The van der Waals surface area contributed by atoms with Crippen LogP contribution >= 0.6 is 0 Å². The molecule has 0 bridgehead atoms. The van der Waals surface area contributed by atoms with Gasteiger partial charge in [-0.1, -0.05) is 179 Å². The molecule has 1 saturated heterocycles. The van der Waals surface area contributed by atoms with Crippen molar-refractivity contribution in [2.45, 2.75) is 300 Å². The fourth-order valence-electron chi connectivity index (χ4n) is 16.5. The summed E-state index contributed by atoms with van der Waals surface area (Å²) >= 11 is 0. The summed E-state index contributed by atoms with van der Waals surface area (Å²) in [5.41, 5.74) is -3.13. The largest absolute Gasteiger partial charge is 0.377 e. The molecule has 1 aliphatic heterocycles. The van der Waals surface area contributed by atoms with Crippen LogP contribution in [-0.2, 0) is 20.7 Å². The van der Waals surface area contributed by atoms with Crippen molar-refractivity contribution in [2.24, 2.45) is 23.7 Å². The van der Waals surface area contributed by atoms with Crippen LogP contribution in [0.1, 0.15) is 315 Å². The molecule has 458 valence electrons. The fraction of sp³-hybridized carbons (Fsp3) is 0.680. The van der Waals surface area contributed by atoms with E-state index in [0.717, 1.165) is 125 Å². The van der Waals surface area contributed by atoms with Crippen LogP contribution in [0.3, 0.4) is 0 Å². The highest BCUT2D eigenvalue weighted by Crippen LogP contribution is 2.54. The van der Waals surface area contributed by atoms with Gasteiger partial charge in [-0.25, -0.2) is 17.6 Å². The van der Waals surface area contributed by atoms with Gasteiger partial charge in [0.15, 0.2) is 5.79 Å². The lowest BCUT2D eigenvalue weighted by Gasteiger charge is -2.43. The molecule has 83 heavy (non-hydrogen) atoms. The van der Waals surface area contributed by atoms with E-state index < -0.39 is 52.5 Å². The van der Waals surface area contributed by atoms with E-state index in [1.807, 2.05) is 24.3 Å². The molecule has 4 aromatic carbocycles. The molecule has 2 atom stereocenters. The predicted molar refractivity (Wildman–Crippen MR) is 331 cm³/mol. The van der Waals surface area contributed by atoms with Gasteiger partial charge in [-0.05, 0) is 210 Å². The number of benzene rings is 4. The van der Waals surface area contributed by atoms with Gasteiger partial charge in [0.1, 0.15) is 46.7 Å². The summed E-state index contributed by atoms with van der Waals surface area (Å²) in [5.74, 6) is -1.53. The number of unbranched alkanes of at least 4 members (excludes halogenated alkanes) is 8. The zero-order valence-corrected chi connectivity index (χ0v) is 52.1. The summed E-state index contributed by atoms with van der Waals surface area (Å²) in [4.78, 5) is 0. The van der Waals surface area contributed by atoms with Crippen LogP contribution in [0.25, 0.3) is 0 Å².